The minimum Gasteiger partial charge on any atom is -0.490 e. The molecule has 0 aliphatic carbocycles. The van der Waals surface area contributed by atoms with Gasteiger partial charge >= 0.3 is 6.18 Å². The number of hydrogen-bond donors (Lipinski definition) is 2. The fourth-order valence-corrected chi connectivity index (χ4v) is 6.82. The summed E-state index contributed by atoms with van der Waals surface area (Å²) in [6, 6.07) is 17.0. The van der Waals surface area contributed by atoms with Crippen molar-refractivity contribution in [2.24, 2.45) is 5.92 Å². The number of likely N-dealkylation sites (N-methyl/N-ethyl adjacent to an activating group) is 1. The molecule has 0 spiro atoms. The van der Waals surface area contributed by atoms with E-state index in [9.17, 15) is 31.5 Å². The Balaban J connectivity index is 1.60. The van der Waals surface area contributed by atoms with Crippen molar-refractivity contribution >= 4 is 21.6 Å². The van der Waals surface area contributed by atoms with Crippen molar-refractivity contribution in [3.05, 3.63) is 89.5 Å². The number of nitrogens with one attached hydrogen (secondary N) is 1. The lowest BCUT2D eigenvalue weighted by Gasteiger charge is -2.36. The Bertz CT molecular complexity index is 1620. The second kappa shape index (κ2) is 16.8. The Morgan fingerprint density at radius 2 is 1.73 bits per heavy atom. The molecule has 2 N–H and O–H groups in total. The molecule has 1 heterocycles. The number of aliphatic hydroxyl groups excluding tert-OH is 1. The SMILES string of the molecule is C[C@H]1CCCCO[C@@H](CN(C)Cc2ccc(C(F)(F)F)cc2)[C@@H](C)CN([C@@H](C)CO)C(=O)c2cc(NS(=O)(=O)c3ccccc3)ccc2O1. The maximum Gasteiger partial charge on any atom is 0.416 e. The molecule has 268 valence electrons. The number of amides is 1. The van der Waals surface area contributed by atoms with Crippen molar-refractivity contribution in [2.45, 2.75) is 75.9 Å². The van der Waals surface area contributed by atoms with Gasteiger partial charge in [0.15, 0.2) is 0 Å². The molecule has 0 aromatic heterocycles. The first-order valence-corrected chi connectivity index (χ1v) is 17.9. The van der Waals surface area contributed by atoms with Gasteiger partial charge < -0.3 is 19.5 Å². The zero-order valence-corrected chi connectivity index (χ0v) is 29.1. The molecule has 49 heavy (non-hydrogen) atoms. The molecule has 4 atom stereocenters. The van der Waals surface area contributed by atoms with Gasteiger partial charge in [-0.25, -0.2) is 8.42 Å². The number of anilines is 1. The Hall–Kier alpha value is -3.65. The average molecular weight is 706 g/mol. The molecule has 0 saturated carbocycles. The number of hydrogen-bond acceptors (Lipinski definition) is 7. The fourth-order valence-electron chi connectivity index (χ4n) is 5.74. The normalized spacial score (nSPS) is 20.6. The van der Waals surface area contributed by atoms with Crippen molar-refractivity contribution in [3.8, 4) is 5.75 Å². The van der Waals surface area contributed by atoms with Crippen LogP contribution in [-0.2, 0) is 27.5 Å². The first-order chi connectivity index (χ1) is 23.2. The van der Waals surface area contributed by atoms with Crippen LogP contribution >= 0.6 is 0 Å². The Kier molecular flexibility index (Phi) is 13.1. The van der Waals surface area contributed by atoms with Gasteiger partial charge in [-0.3, -0.25) is 14.4 Å². The van der Waals surface area contributed by atoms with E-state index in [0.717, 1.165) is 30.5 Å². The van der Waals surface area contributed by atoms with Gasteiger partial charge in [-0.15, -0.1) is 0 Å². The predicted molar refractivity (Wildman–Crippen MR) is 182 cm³/mol. The van der Waals surface area contributed by atoms with Crippen LogP contribution in [0.5, 0.6) is 5.75 Å². The maximum atomic E-state index is 14.3. The molecular weight excluding hydrogens is 659 g/mol. The number of alkyl halides is 3. The third kappa shape index (κ3) is 10.7. The number of ether oxygens (including phenoxy) is 2. The van der Waals surface area contributed by atoms with Crippen molar-refractivity contribution in [3.63, 3.8) is 0 Å². The highest BCUT2D eigenvalue weighted by molar-refractivity contribution is 7.92. The molecule has 1 aliphatic rings. The maximum absolute atomic E-state index is 14.3. The topological polar surface area (TPSA) is 108 Å². The minimum absolute atomic E-state index is 0.0740. The quantitative estimate of drug-likeness (QED) is 0.264. The number of rotatable bonds is 9. The number of carbonyl (C=O) groups is 1. The Labute approximate surface area is 287 Å². The molecule has 0 radical (unpaired) electrons. The lowest BCUT2D eigenvalue weighted by Crippen LogP contribution is -2.47. The van der Waals surface area contributed by atoms with Crippen LogP contribution in [0, 0.1) is 5.92 Å². The van der Waals surface area contributed by atoms with Gasteiger partial charge in [-0.1, -0.05) is 37.3 Å². The molecule has 0 unspecified atom stereocenters. The predicted octanol–water partition coefficient (Wildman–Crippen LogP) is 6.43. The van der Waals surface area contributed by atoms with E-state index >= 15 is 0 Å². The Morgan fingerprint density at radius 3 is 2.39 bits per heavy atom. The molecule has 4 rings (SSSR count). The highest BCUT2D eigenvalue weighted by Crippen LogP contribution is 2.31. The molecule has 3 aromatic rings. The van der Waals surface area contributed by atoms with Crippen LogP contribution in [0.4, 0.5) is 18.9 Å². The molecule has 0 saturated heterocycles. The number of halogens is 3. The van der Waals surface area contributed by atoms with Gasteiger partial charge in [0.1, 0.15) is 5.75 Å². The third-order valence-electron chi connectivity index (χ3n) is 8.58. The number of fused-ring (bicyclic) bond motifs is 1. The van der Waals surface area contributed by atoms with Crippen molar-refractivity contribution in [2.75, 3.05) is 38.1 Å². The highest BCUT2D eigenvalue weighted by Gasteiger charge is 2.32. The lowest BCUT2D eigenvalue weighted by molar-refractivity contribution is -0.137. The van der Waals surface area contributed by atoms with Crippen molar-refractivity contribution < 1.29 is 41.0 Å². The standard InChI is InChI=1S/C36H46F3N3O6S/c1-25-21-42(26(2)24-43)35(44)32-20-30(40-49(45,46)31-11-6-5-7-12-31)17-18-33(32)48-27(3)10-8-9-19-47-34(25)23-41(4)22-28-13-15-29(16-14-28)36(37,38)39/h5-7,11-18,20,25-27,34,40,43H,8-10,19,21-24H2,1-4H3/t25-,26-,27-,34-/m0/s1. The summed E-state index contributed by atoms with van der Waals surface area (Å²) in [5.41, 5.74) is 0.358. The van der Waals surface area contributed by atoms with Gasteiger partial charge in [0, 0.05) is 37.8 Å². The van der Waals surface area contributed by atoms with Crippen LogP contribution < -0.4 is 9.46 Å². The molecule has 9 nitrogen and oxygen atoms in total. The zero-order chi connectivity index (χ0) is 35.8. The third-order valence-corrected chi connectivity index (χ3v) is 9.98. The lowest BCUT2D eigenvalue weighted by atomic mass is 10.0. The number of benzene rings is 3. The van der Waals surface area contributed by atoms with E-state index in [1.54, 1.807) is 42.2 Å². The van der Waals surface area contributed by atoms with E-state index in [1.165, 1.54) is 30.3 Å². The Morgan fingerprint density at radius 1 is 1.04 bits per heavy atom. The van der Waals surface area contributed by atoms with Gasteiger partial charge in [-0.05, 0) is 88.2 Å². The molecular formula is C36H46F3N3O6S. The zero-order valence-electron chi connectivity index (χ0n) is 28.3. The van der Waals surface area contributed by atoms with Crippen LogP contribution in [0.25, 0.3) is 0 Å². The second-order valence-electron chi connectivity index (χ2n) is 12.8. The van der Waals surface area contributed by atoms with Gasteiger partial charge in [0.2, 0.25) is 0 Å². The highest BCUT2D eigenvalue weighted by atomic mass is 32.2. The first-order valence-electron chi connectivity index (χ1n) is 16.4. The number of nitrogens with zero attached hydrogens (tertiary/aromatic N) is 2. The molecule has 0 fully saturated rings. The summed E-state index contributed by atoms with van der Waals surface area (Å²) in [6.07, 6.45) is -2.76. The minimum atomic E-state index is -4.41. The smallest absolute Gasteiger partial charge is 0.416 e. The van der Waals surface area contributed by atoms with Crippen LogP contribution in [-0.4, -0.2) is 80.8 Å². The van der Waals surface area contributed by atoms with Gasteiger partial charge in [-0.2, -0.15) is 13.2 Å². The van der Waals surface area contributed by atoms with Gasteiger partial charge in [0.25, 0.3) is 15.9 Å². The van der Waals surface area contributed by atoms with E-state index < -0.39 is 33.7 Å². The average Bonchev–Trinajstić information content (AvgIpc) is 3.06. The van der Waals surface area contributed by atoms with Crippen LogP contribution in [0.3, 0.4) is 0 Å². The molecule has 13 heteroatoms. The van der Waals surface area contributed by atoms with Gasteiger partial charge in [0.05, 0.1) is 40.9 Å². The molecule has 1 amide bonds. The number of aliphatic hydroxyl groups is 1. The fraction of sp³-hybridized carbons (Fsp3) is 0.472. The van der Waals surface area contributed by atoms with Crippen LogP contribution in [0.15, 0.2) is 77.7 Å². The second-order valence-corrected chi connectivity index (χ2v) is 14.5. The van der Waals surface area contributed by atoms with E-state index in [1.807, 2.05) is 25.8 Å². The number of carbonyl (C=O) groups excluding carboxylic acids is 1. The summed E-state index contributed by atoms with van der Waals surface area (Å²) in [4.78, 5) is 17.9. The summed E-state index contributed by atoms with van der Waals surface area (Å²) in [5.74, 6) is -0.353. The summed E-state index contributed by atoms with van der Waals surface area (Å²) in [6.45, 7) is 6.79. The summed E-state index contributed by atoms with van der Waals surface area (Å²) >= 11 is 0. The molecule has 3 aromatic carbocycles. The van der Waals surface area contributed by atoms with Crippen molar-refractivity contribution in [1.29, 1.82) is 0 Å². The summed E-state index contributed by atoms with van der Waals surface area (Å²) in [5, 5.41) is 10.2. The van der Waals surface area contributed by atoms with Crippen LogP contribution in [0.2, 0.25) is 0 Å². The van der Waals surface area contributed by atoms with E-state index in [4.69, 9.17) is 9.47 Å². The summed E-state index contributed by atoms with van der Waals surface area (Å²) in [7, 11) is -2.07. The molecule has 1 aliphatic heterocycles. The largest absolute Gasteiger partial charge is 0.490 e. The van der Waals surface area contributed by atoms with E-state index in [2.05, 4.69) is 4.72 Å². The van der Waals surface area contributed by atoms with Crippen LogP contribution in [0.1, 0.15) is 61.5 Å². The monoisotopic (exact) mass is 705 g/mol. The van der Waals surface area contributed by atoms with Crippen molar-refractivity contribution in [1.82, 2.24) is 9.80 Å². The first kappa shape index (κ1) is 38.2. The van der Waals surface area contributed by atoms with E-state index in [0.29, 0.717) is 31.9 Å². The summed E-state index contributed by atoms with van der Waals surface area (Å²) < 4.78 is 80.6. The van der Waals surface area contributed by atoms with E-state index in [-0.39, 0.29) is 47.4 Å². The number of sulfonamides is 1. The molecule has 0 bridgehead atoms.